The lowest BCUT2D eigenvalue weighted by Crippen LogP contribution is -2.34. The van der Waals surface area contributed by atoms with Crippen LogP contribution in [0.15, 0.2) is 42.6 Å². The zero-order valence-electron chi connectivity index (χ0n) is 22.5. The van der Waals surface area contributed by atoms with E-state index in [-0.39, 0.29) is 18.4 Å². The number of carbonyl (C=O) groups is 2. The van der Waals surface area contributed by atoms with Gasteiger partial charge in [-0.15, -0.1) is 0 Å². The van der Waals surface area contributed by atoms with Crippen molar-refractivity contribution in [2.24, 2.45) is 0 Å². The van der Waals surface area contributed by atoms with E-state index in [9.17, 15) is 9.59 Å². The summed E-state index contributed by atoms with van der Waals surface area (Å²) in [7, 11) is 1.55. The van der Waals surface area contributed by atoms with Gasteiger partial charge in [0.05, 0.1) is 26.0 Å². The molecule has 36 heavy (non-hydrogen) atoms. The molecule has 0 saturated heterocycles. The summed E-state index contributed by atoms with van der Waals surface area (Å²) in [5.74, 6) is 0.369. The van der Waals surface area contributed by atoms with E-state index in [2.05, 4.69) is 11.9 Å². The van der Waals surface area contributed by atoms with Gasteiger partial charge >= 0.3 is 0 Å². The number of benzene rings is 1. The number of hydrogen-bond acceptors (Lipinski definition) is 5. The van der Waals surface area contributed by atoms with E-state index in [0.717, 1.165) is 12.8 Å². The van der Waals surface area contributed by atoms with Crippen molar-refractivity contribution in [2.75, 3.05) is 13.7 Å². The van der Waals surface area contributed by atoms with Crippen LogP contribution in [0.1, 0.15) is 107 Å². The van der Waals surface area contributed by atoms with Gasteiger partial charge in [0.2, 0.25) is 5.91 Å². The standard InChI is InChI=1S/C30H44N2O4/c1-4-5-6-7-8-9-10-11-12-13-14-17-22-36-28-20-19-26(23-29(28)35-3)30(34)32(25(2)33)24-27-18-15-16-21-31-27/h15-16,18-21,23H,4-14,17,22,24H2,1-3H3. The Morgan fingerprint density at radius 3 is 2.03 bits per heavy atom. The molecule has 0 bridgehead atoms. The highest BCUT2D eigenvalue weighted by atomic mass is 16.5. The number of pyridine rings is 1. The molecule has 0 aliphatic heterocycles. The summed E-state index contributed by atoms with van der Waals surface area (Å²) >= 11 is 0. The number of imide groups is 1. The molecule has 0 spiro atoms. The van der Waals surface area contributed by atoms with E-state index in [1.807, 2.05) is 6.07 Å². The minimum atomic E-state index is -0.390. The van der Waals surface area contributed by atoms with Crippen LogP contribution in [0, 0.1) is 0 Å². The molecule has 0 saturated carbocycles. The third-order valence-corrected chi connectivity index (χ3v) is 6.34. The Morgan fingerprint density at radius 1 is 0.833 bits per heavy atom. The van der Waals surface area contributed by atoms with Gasteiger partial charge in [-0.2, -0.15) is 0 Å². The van der Waals surface area contributed by atoms with Crippen molar-refractivity contribution in [1.82, 2.24) is 9.88 Å². The summed E-state index contributed by atoms with van der Waals surface area (Å²) < 4.78 is 11.4. The summed E-state index contributed by atoms with van der Waals surface area (Å²) in [6, 6.07) is 10.5. The van der Waals surface area contributed by atoms with E-state index < -0.39 is 0 Å². The van der Waals surface area contributed by atoms with Crippen LogP contribution in [-0.4, -0.2) is 35.4 Å². The first-order valence-corrected chi connectivity index (χ1v) is 13.6. The van der Waals surface area contributed by atoms with E-state index in [0.29, 0.717) is 29.4 Å². The lowest BCUT2D eigenvalue weighted by atomic mass is 10.1. The Hall–Kier alpha value is -2.89. The van der Waals surface area contributed by atoms with Crippen LogP contribution in [0.2, 0.25) is 0 Å². The maximum atomic E-state index is 13.0. The minimum Gasteiger partial charge on any atom is -0.493 e. The van der Waals surface area contributed by atoms with Gasteiger partial charge in [0.25, 0.3) is 5.91 Å². The molecule has 6 heteroatoms. The molecule has 0 aliphatic carbocycles. The fourth-order valence-electron chi connectivity index (χ4n) is 4.18. The highest BCUT2D eigenvalue weighted by Gasteiger charge is 2.22. The molecule has 0 aliphatic rings. The van der Waals surface area contributed by atoms with Crippen LogP contribution in [-0.2, 0) is 11.3 Å². The Bertz CT molecular complexity index is 901. The smallest absolute Gasteiger partial charge is 0.260 e. The summed E-state index contributed by atoms with van der Waals surface area (Å²) in [6.45, 7) is 4.37. The molecule has 1 heterocycles. The van der Waals surface area contributed by atoms with Gasteiger partial charge in [-0.05, 0) is 36.8 Å². The number of rotatable bonds is 18. The highest BCUT2D eigenvalue weighted by molar-refractivity contribution is 6.04. The van der Waals surface area contributed by atoms with Crippen LogP contribution in [0.4, 0.5) is 0 Å². The van der Waals surface area contributed by atoms with Gasteiger partial charge < -0.3 is 9.47 Å². The number of nitrogens with zero attached hydrogens (tertiary/aromatic N) is 2. The average molecular weight is 497 g/mol. The largest absolute Gasteiger partial charge is 0.493 e. The third kappa shape index (κ3) is 10.8. The Balaban J connectivity index is 1.73. The number of amides is 2. The van der Waals surface area contributed by atoms with Crippen LogP contribution >= 0.6 is 0 Å². The monoisotopic (exact) mass is 496 g/mol. The summed E-state index contributed by atoms with van der Waals surface area (Å²) in [5.41, 5.74) is 1.02. The normalized spacial score (nSPS) is 10.8. The number of methoxy groups -OCH3 is 1. The molecule has 2 rings (SSSR count). The fraction of sp³-hybridized carbons (Fsp3) is 0.567. The lowest BCUT2D eigenvalue weighted by molar-refractivity contribution is -0.126. The Morgan fingerprint density at radius 2 is 1.47 bits per heavy atom. The van der Waals surface area contributed by atoms with Crippen molar-refractivity contribution in [3.8, 4) is 11.5 Å². The average Bonchev–Trinajstić information content (AvgIpc) is 2.90. The number of aromatic nitrogens is 1. The molecule has 0 fully saturated rings. The second-order valence-corrected chi connectivity index (χ2v) is 9.33. The molecular formula is C30H44N2O4. The van der Waals surface area contributed by atoms with Gasteiger partial charge in [0, 0.05) is 18.7 Å². The first-order valence-electron chi connectivity index (χ1n) is 13.6. The van der Waals surface area contributed by atoms with Gasteiger partial charge in [0.15, 0.2) is 11.5 Å². The van der Waals surface area contributed by atoms with E-state index in [1.165, 1.54) is 76.0 Å². The van der Waals surface area contributed by atoms with Crippen molar-refractivity contribution in [2.45, 2.75) is 97.4 Å². The predicted octanol–water partition coefficient (Wildman–Crippen LogP) is 7.36. The van der Waals surface area contributed by atoms with Crippen LogP contribution in [0.25, 0.3) is 0 Å². The van der Waals surface area contributed by atoms with Crippen LogP contribution in [0.3, 0.4) is 0 Å². The predicted molar refractivity (Wildman–Crippen MR) is 144 cm³/mol. The molecule has 1 aromatic heterocycles. The van der Waals surface area contributed by atoms with E-state index >= 15 is 0 Å². The molecule has 0 radical (unpaired) electrons. The molecule has 2 aromatic rings. The van der Waals surface area contributed by atoms with Gasteiger partial charge in [-0.25, -0.2) is 0 Å². The minimum absolute atomic E-state index is 0.120. The first-order chi connectivity index (χ1) is 17.6. The molecule has 0 N–H and O–H groups in total. The molecule has 0 atom stereocenters. The zero-order valence-corrected chi connectivity index (χ0v) is 22.5. The van der Waals surface area contributed by atoms with Crippen molar-refractivity contribution < 1.29 is 19.1 Å². The van der Waals surface area contributed by atoms with Crippen molar-refractivity contribution in [3.05, 3.63) is 53.9 Å². The number of hydrogen-bond donors (Lipinski definition) is 0. The second-order valence-electron chi connectivity index (χ2n) is 9.33. The number of ether oxygens (including phenoxy) is 2. The lowest BCUT2D eigenvalue weighted by Gasteiger charge is -2.19. The molecule has 6 nitrogen and oxygen atoms in total. The van der Waals surface area contributed by atoms with Crippen molar-refractivity contribution >= 4 is 11.8 Å². The molecule has 0 unspecified atom stereocenters. The van der Waals surface area contributed by atoms with Gasteiger partial charge in [0.1, 0.15) is 0 Å². The van der Waals surface area contributed by atoms with E-state index in [1.54, 1.807) is 43.6 Å². The first kappa shape index (κ1) is 29.3. The topological polar surface area (TPSA) is 68.7 Å². The Labute approximate surface area is 217 Å². The molecule has 2 amide bonds. The number of unbranched alkanes of at least 4 members (excludes halogenated alkanes) is 11. The fourth-order valence-corrected chi connectivity index (χ4v) is 4.18. The Kier molecular flexibility index (Phi) is 14.3. The SMILES string of the molecule is CCCCCCCCCCCCCCOc1ccc(C(=O)N(Cc2ccccn2)C(C)=O)cc1OC. The molecular weight excluding hydrogens is 452 g/mol. The van der Waals surface area contributed by atoms with Gasteiger partial charge in [-0.3, -0.25) is 19.5 Å². The van der Waals surface area contributed by atoms with Crippen molar-refractivity contribution in [3.63, 3.8) is 0 Å². The number of carbonyl (C=O) groups excluding carboxylic acids is 2. The summed E-state index contributed by atoms with van der Waals surface area (Å²) in [5, 5.41) is 0. The van der Waals surface area contributed by atoms with Crippen LogP contribution < -0.4 is 9.47 Å². The summed E-state index contributed by atoms with van der Waals surface area (Å²) in [4.78, 5) is 30.6. The molecule has 198 valence electrons. The van der Waals surface area contributed by atoms with Crippen LogP contribution in [0.5, 0.6) is 11.5 Å². The van der Waals surface area contributed by atoms with Gasteiger partial charge in [-0.1, -0.05) is 83.6 Å². The quantitative estimate of drug-likeness (QED) is 0.202. The highest BCUT2D eigenvalue weighted by Crippen LogP contribution is 2.29. The zero-order chi connectivity index (χ0) is 26.0. The third-order valence-electron chi connectivity index (χ3n) is 6.34. The second kappa shape index (κ2) is 17.5. The maximum Gasteiger partial charge on any atom is 0.260 e. The van der Waals surface area contributed by atoms with E-state index in [4.69, 9.17) is 9.47 Å². The summed E-state index contributed by atoms with van der Waals surface area (Å²) in [6.07, 6.45) is 17.2. The molecule has 1 aromatic carbocycles. The van der Waals surface area contributed by atoms with Crippen molar-refractivity contribution in [1.29, 1.82) is 0 Å². The maximum absolute atomic E-state index is 13.0.